The third kappa shape index (κ3) is 4.73. The number of hydrogen-bond donors (Lipinski definition) is 0. The van der Waals surface area contributed by atoms with Crippen molar-refractivity contribution in [3.05, 3.63) is 99.9 Å². The van der Waals surface area contributed by atoms with Crippen LogP contribution in [0.5, 0.6) is 0 Å². The van der Waals surface area contributed by atoms with E-state index in [1.807, 2.05) is 47.0 Å². The highest BCUT2D eigenvalue weighted by atomic mass is 32.2. The van der Waals surface area contributed by atoms with Gasteiger partial charge in [-0.05, 0) is 34.3 Å². The van der Waals surface area contributed by atoms with Crippen molar-refractivity contribution in [1.29, 1.82) is 0 Å². The van der Waals surface area contributed by atoms with E-state index in [9.17, 15) is 0 Å². The molecule has 27 heavy (non-hydrogen) atoms. The Morgan fingerprint density at radius 2 is 1.04 bits per heavy atom. The zero-order chi connectivity index (χ0) is 18.6. The average molecular weight is 427 g/mol. The molecule has 4 rings (SSSR count). The summed E-state index contributed by atoms with van der Waals surface area (Å²) in [4.78, 5) is 6.04. The molecule has 0 unspecified atom stereocenters. The standard InChI is InChI=1S/C23H22S4/c1-3-19-16(2)24-22(25-19)23-26-20(14-17-10-6-4-7-11-17)21(27-23)15-18-12-8-5-9-13-18/h4-13H,3,14-15H2,1-2H3. The largest absolute Gasteiger partial charge is 0.0849 e. The van der Waals surface area contributed by atoms with Crippen molar-refractivity contribution in [3.8, 4) is 0 Å². The Balaban J connectivity index is 1.59. The minimum absolute atomic E-state index is 1.03. The van der Waals surface area contributed by atoms with Gasteiger partial charge in [0.1, 0.15) is 0 Å². The van der Waals surface area contributed by atoms with Crippen LogP contribution in [0, 0.1) is 0 Å². The molecule has 0 saturated heterocycles. The third-order valence-electron chi connectivity index (χ3n) is 4.50. The molecule has 0 radical (unpaired) electrons. The third-order valence-corrected chi connectivity index (χ3v) is 10.5. The van der Waals surface area contributed by atoms with Crippen molar-refractivity contribution in [3.63, 3.8) is 0 Å². The van der Waals surface area contributed by atoms with Crippen LogP contribution in [-0.2, 0) is 12.8 Å². The van der Waals surface area contributed by atoms with Crippen molar-refractivity contribution in [2.24, 2.45) is 0 Å². The summed E-state index contributed by atoms with van der Waals surface area (Å²) in [6, 6.07) is 21.7. The number of thioether (sulfide) groups is 4. The van der Waals surface area contributed by atoms with Crippen LogP contribution >= 0.6 is 47.0 Å². The lowest BCUT2D eigenvalue weighted by molar-refractivity contribution is 1.18. The van der Waals surface area contributed by atoms with Gasteiger partial charge in [-0.2, -0.15) is 0 Å². The van der Waals surface area contributed by atoms with E-state index in [1.54, 1.807) is 0 Å². The highest BCUT2D eigenvalue weighted by Gasteiger charge is 2.28. The van der Waals surface area contributed by atoms with Crippen LogP contribution in [0.2, 0.25) is 0 Å². The lowest BCUT2D eigenvalue weighted by Crippen LogP contribution is -1.91. The normalized spacial score (nSPS) is 17.4. The van der Waals surface area contributed by atoms with E-state index in [4.69, 9.17) is 0 Å². The summed E-state index contributed by atoms with van der Waals surface area (Å²) >= 11 is 7.95. The molecule has 0 spiro atoms. The van der Waals surface area contributed by atoms with Crippen molar-refractivity contribution in [1.82, 2.24) is 0 Å². The fraction of sp³-hybridized carbons (Fsp3) is 0.217. The Hall–Kier alpha value is -0.940. The van der Waals surface area contributed by atoms with E-state index in [1.165, 1.54) is 39.2 Å². The SMILES string of the molecule is CCC1=C(C)SC(=C2SC(Cc3ccccc3)=C(Cc3ccccc3)S2)S1. The molecule has 2 aromatic carbocycles. The molecular weight excluding hydrogens is 405 g/mol. The minimum atomic E-state index is 1.03. The number of allylic oxidation sites excluding steroid dienone is 4. The molecule has 0 bridgehead atoms. The van der Waals surface area contributed by atoms with Crippen LogP contribution in [0.25, 0.3) is 0 Å². The van der Waals surface area contributed by atoms with Gasteiger partial charge in [0.25, 0.3) is 0 Å². The van der Waals surface area contributed by atoms with Gasteiger partial charge >= 0.3 is 0 Å². The highest BCUT2D eigenvalue weighted by molar-refractivity contribution is 8.34. The average Bonchev–Trinajstić information content (AvgIpc) is 3.27. The molecule has 4 heteroatoms. The maximum Gasteiger partial charge on any atom is 0.0700 e. The summed E-state index contributed by atoms with van der Waals surface area (Å²) < 4.78 is 2.96. The molecule has 2 aromatic rings. The van der Waals surface area contributed by atoms with Gasteiger partial charge in [0.15, 0.2) is 0 Å². The first kappa shape index (κ1) is 19.4. The molecule has 0 N–H and O–H groups in total. The smallest absolute Gasteiger partial charge is 0.0700 e. The molecule has 0 aliphatic carbocycles. The van der Waals surface area contributed by atoms with E-state index in [0.717, 1.165) is 19.3 Å². The van der Waals surface area contributed by atoms with Gasteiger partial charge in [-0.1, -0.05) is 115 Å². The van der Waals surface area contributed by atoms with Crippen molar-refractivity contribution >= 4 is 47.0 Å². The fourth-order valence-electron chi connectivity index (χ4n) is 3.08. The fourth-order valence-corrected chi connectivity index (χ4v) is 8.87. The number of benzene rings is 2. The maximum absolute atomic E-state index is 2.26. The molecule has 0 saturated carbocycles. The first-order chi connectivity index (χ1) is 13.2. The number of hydrogen-bond acceptors (Lipinski definition) is 4. The Labute approximate surface area is 179 Å². The zero-order valence-electron chi connectivity index (χ0n) is 15.5. The van der Waals surface area contributed by atoms with Crippen LogP contribution < -0.4 is 0 Å². The lowest BCUT2D eigenvalue weighted by atomic mass is 10.1. The van der Waals surface area contributed by atoms with Crippen LogP contribution in [0.15, 0.2) is 88.8 Å². The topological polar surface area (TPSA) is 0 Å². The molecule has 2 heterocycles. The van der Waals surface area contributed by atoms with E-state index < -0.39 is 0 Å². The van der Waals surface area contributed by atoms with Crippen LogP contribution in [0.3, 0.4) is 0 Å². The second-order valence-corrected chi connectivity index (χ2v) is 11.5. The molecule has 0 nitrogen and oxygen atoms in total. The van der Waals surface area contributed by atoms with Crippen molar-refractivity contribution < 1.29 is 0 Å². The molecule has 138 valence electrons. The van der Waals surface area contributed by atoms with Crippen molar-refractivity contribution in [2.45, 2.75) is 33.1 Å². The Morgan fingerprint density at radius 3 is 1.48 bits per heavy atom. The molecule has 0 aromatic heterocycles. The van der Waals surface area contributed by atoms with Gasteiger partial charge in [-0.15, -0.1) is 0 Å². The summed E-state index contributed by atoms with van der Waals surface area (Å²) in [5.41, 5.74) is 2.79. The van der Waals surface area contributed by atoms with Gasteiger partial charge in [-0.25, -0.2) is 0 Å². The van der Waals surface area contributed by atoms with Gasteiger partial charge in [0.05, 0.1) is 8.47 Å². The monoisotopic (exact) mass is 426 g/mol. The van der Waals surface area contributed by atoms with Crippen LogP contribution in [0.4, 0.5) is 0 Å². The van der Waals surface area contributed by atoms with E-state index in [-0.39, 0.29) is 0 Å². The second kappa shape index (κ2) is 9.04. The van der Waals surface area contributed by atoms with Gasteiger partial charge in [0.2, 0.25) is 0 Å². The summed E-state index contributed by atoms with van der Waals surface area (Å²) in [6.45, 7) is 4.52. The quantitative estimate of drug-likeness (QED) is 0.470. The molecule has 0 fully saturated rings. The molecule has 2 aliphatic rings. The Kier molecular flexibility index (Phi) is 6.49. The molecule has 2 aliphatic heterocycles. The molecule has 0 amide bonds. The summed E-state index contributed by atoms with van der Waals surface area (Å²) in [7, 11) is 0. The maximum atomic E-state index is 2.26. The summed E-state index contributed by atoms with van der Waals surface area (Å²) in [5, 5.41) is 0. The Morgan fingerprint density at radius 1 is 0.593 bits per heavy atom. The number of rotatable bonds is 5. The molecular formula is C23H22S4. The van der Waals surface area contributed by atoms with Crippen LogP contribution in [0.1, 0.15) is 31.4 Å². The van der Waals surface area contributed by atoms with E-state index >= 15 is 0 Å². The van der Waals surface area contributed by atoms with Gasteiger partial charge in [0, 0.05) is 22.7 Å². The summed E-state index contributed by atoms with van der Waals surface area (Å²) in [5.74, 6) is 0. The van der Waals surface area contributed by atoms with Gasteiger partial charge < -0.3 is 0 Å². The summed E-state index contributed by atoms with van der Waals surface area (Å²) in [6.07, 6.45) is 3.19. The minimum Gasteiger partial charge on any atom is -0.0849 e. The van der Waals surface area contributed by atoms with Crippen molar-refractivity contribution in [2.75, 3.05) is 0 Å². The molecule has 0 atom stereocenters. The predicted octanol–water partition coefficient (Wildman–Crippen LogP) is 8.41. The van der Waals surface area contributed by atoms with Crippen LogP contribution in [-0.4, -0.2) is 0 Å². The first-order valence-corrected chi connectivity index (χ1v) is 12.4. The lowest BCUT2D eigenvalue weighted by Gasteiger charge is -2.06. The van der Waals surface area contributed by atoms with E-state index in [0.29, 0.717) is 0 Å². The first-order valence-electron chi connectivity index (χ1n) is 9.18. The predicted molar refractivity (Wildman–Crippen MR) is 128 cm³/mol. The Bertz CT molecular complexity index is 852. The highest BCUT2D eigenvalue weighted by Crippen LogP contribution is 2.60. The zero-order valence-corrected chi connectivity index (χ0v) is 18.8. The van der Waals surface area contributed by atoms with E-state index in [2.05, 4.69) is 74.5 Å². The van der Waals surface area contributed by atoms with Gasteiger partial charge in [-0.3, -0.25) is 0 Å². The second-order valence-electron chi connectivity index (χ2n) is 6.49.